The fourth-order valence-electron chi connectivity index (χ4n) is 1.84. The Balaban J connectivity index is 2.46. The van der Waals surface area contributed by atoms with Crippen LogP contribution in [0.1, 0.15) is 37.7 Å². The molecule has 2 rings (SSSR count). The molecule has 1 aromatic heterocycles. The van der Waals surface area contributed by atoms with Crippen LogP contribution in [0.4, 0.5) is 11.5 Å². The van der Waals surface area contributed by atoms with Gasteiger partial charge in [-0.15, -0.1) is 0 Å². The van der Waals surface area contributed by atoms with Gasteiger partial charge in [0.25, 0.3) is 0 Å². The third-order valence-electron chi connectivity index (χ3n) is 3.20. The van der Waals surface area contributed by atoms with Crippen LogP contribution < -0.4 is 5.32 Å². The number of nitrogens with one attached hydrogen (secondary N) is 1. The second-order valence-electron chi connectivity index (χ2n) is 6.15. The van der Waals surface area contributed by atoms with Gasteiger partial charge in [0.2, 0.25) is 0 Å². The molecule has 112 valence electrons. The van der Waals surface area contributed by atoms with Crippen LogP contribution in [0.3, 0.4) is 0 Å². The Labute approximate surface area is 139 Å². The topological polar surface area (TPSA) is 37.8 Å². The molecule has 0 aliphatic rings. The van der Waals surface area contributed by atoms with E-state index in [-0.39, 0.29) is 5.41 Å². The Bertz CT molecular complexity index is 678. The van der Waals surface area contributed by atoms with Crippen LogP contribution in [0.15, 0.2) is 22.7 Å². The van der Waals surface area contributed by atoms with Crippen molar-refractivity contribution in [2.24, 2.45) is 0 Å². The number of halogens is 2. The van der Waals surface area contributed by atoms with Gasteiger partial charge in [0, 0.05) is 21.1 Å². The molecule has 5 heteroatoms. The van der Waals surface area contributed by atoms with E-state index in [0.717, 1.165) is 32.9 Å². The summed E-state index contributed by atoms with van der Waals surface area (Å²) in [6, 6.07) is 6.08. The van der Waals surface area contributed by atoms with Crippen LogP contribution in [-0.2, 0) is 5.41 Å². The summed E-state index contributed by atoms with van der Waals surface area (Å²) >= 11 is 9.73. The van der Waals surface area contributed by atoms with Crippen LogP contribution in [0.5, 0.6) is 0 Å². The number of aryl methyl sites for hydroxylation is 1. The van der Waals surface area contributed by atoms with Crippen LogP contribution in [0, 0.1) is 13.8 Å². The largest absolute Gasteiger partial charge is 0.340 e. The number of rotatable bonds is 2. The van der Waals surface area contributed by atoms with E-state index in [0.29, 0.717) is 5.15 Å². The van der Waals surface area contributed by atoms with Gasteiger partial charge in [-0.1, -0.05) is 48.3 Å². The van der Waals surface area contributed by atoms with Crippen molar-refractivity contribution in [1.82, 2.24) is 9.97 Å². The molecule has 1 N–H and O–H groups in total. The van der Waals surface area contributed by atoms with Gasteiger partial charge in [-0.2, -0.15) is 0 Å². The average Bonchev–Trinajstić information content (AvgIpc) is 2.36. The van der Waals surface area contributed by atoms with E-state index in [9.17, 15) is 0 Å². The van der Waals surface area contributed by atoms with E-state index < -0.39 is 0 Å². The summed E-state index contributed by atoms with van der Waals surface area (Å²) in [5, 5.41) is 3.86. The highest BCUT2D eigenvalue weighted by Gasteiger charge is 2.20. The number of aromatic nitrogens is 2. The van der Waals surface area contributed by atoms with Crippen molar-refractivity contribution in [3.8, 4) is 0 Å². The van der Waals surface area contributed by atoms with Gasteiger partial charge in [-0.05, 0) is 37.6 Å². The zero-order valence-electron chi connectivity index (χ0n) is 12.9. The molecule has 0 amide bonds. The molecule has 0 aliphatic heterocycles. The summed E-state index contributed by atoms with van der Waals surface area (Å²) in [5.74, 6) is 1.49. The maximum atomic E-state index is 6.26. The minimum absolute atomic E-state index is 0.150. The molecule has 0 unspecified atom stereocenters. The molecule has 0 aliphatic carbocycles. The lowest BCUT2D eigenvalue weighted by molar-refractivity contribution is 0.545. The maximum absolute atomic E-state index is 6.26. The summed E-state index contributed by atoms with van der Waals surface area (Å²) in [4.78, 5) is 9.03. The first-order chi connectivity index (χ1) is 9.68. The van der Waals surface area contributed by atoms with Gasteiger partial charge in [0.15, 0.2) is 0 Å². The number of nitrogens with zero attached hydrogens (tertiary/aromatic N) is 2. The zero-order valence-corrected chi connectivity index (χ0v) is 15.2. The van der Waals surface area contributed by atoms with Gasteiger partial charge in [-0.3, -0.25) is 0 Å². The fourth-order valence-corrected chi connectivity index (χ4v) is 2.49. The van der Waals surface area contributed by atoms with E-state index >= 15 is 0 Å². The van der Waals surface area contributed by atoms with E-state index in [1.807, 2.05) is 19.1 Å². The molecule has 2 aromatic rings. The molecule has 0 saturated heterocycles. The minimum atomic E-state index is -0.150. The predicted octanol–water partition coefficient (Wildman–Crippen LogP) is 5.55. The van der Waals surface area contributed by atoms with Crippen molar-refractivity contribution in [3.63, 3.8) is 0 Å². The molecule has 1 aromatic carbocycles. The lowest BCUT2D eigenvalue weighted by Crippen LogP contribution is -2.17. The van der Waals surface area contributed by atoms with Crippen molar-refractivity contribution in [1.29, 1.82) is 0 Å². The Morgan fingerprint density at radius 3 is 2.38 bits per heavy atom. The van der Waals surface area contributed by atoms with Crippen molar-refractivity contribution in [2.75, 3.05) is 5.32 Å². The van der Waals surface area contributed by atoms with Gasteiger partial charge in [0.05, 0.1) is 0 Å². The molecular weight excluding hydrogens is 350 g/mol. The van der Waals surface area contributed by atoms with Gasteiger partial charge >= 0.3 is 0 Å². The summed E-state index contributed by atoms with van der Waals surface area (Å²) in [7, 11) is 0. The highest BCUT2D eigenvalue weighted by atomic mass is 79.9. The highest BCUT2D eigenvalue weighted by molar-refractivity contribution is 9.10. The SMILES string of the molecule is Cc1cc(Br)ccc1Nc1nc(C(C)(C)C)nc(Cl)c1C. The second-order valence-corrected chi connectivity index (χ2v) is 7.42. The first-order valence-electron chi connectivity index (χ1n) is 6.76. The summed E-state index contributed by atoms with van der Waals surface area (Å²) in [5.41, 5.74) is 2.85. The minimum Gasteiger partial charge on any atom is -0.340 e. The molecule has 0 atom stereocenters. The van der Waals surface area contributed by atoms with E-state index in [2.05, 4.69) is 65.0 Å². The number of anilines is 2. The summed E-state index contributed by atoms with van der Waals surface area (Å²) in [6.45, 7) is 10.2. The summed E-state index contributed by atoms with van der Waals surface area (Å²) in [6.07, 6.45) is 0. The first-order valence-corrected chi connectivity index (χ1v) is 7.93. The second kappa shape index (κ2) is 5.93. The van der Waals surface area contributed by atoms with Crippen LogP contribution in [0.25, 0.3) is 0 Å². The molecular formula is C16H19BrClN3. The molecule has 3 nitrogen and oxygen atoms in total. The van der Waals surface area contributed by atoms with Crippen molar-refractivity contribution >= 4 is 39.0 Å². The lowest BCUT2D eigenvalue weighted by atomic mass is 9.95. The van der Waals surface area contributed by atoms with Crippen molar-refractivity contribution in [3.05, 3.63) is 44.8 Å². The Morgan fingerprint density at radius 1 is 1.14 bits per heavy atom. The molecule has 0 spiro atoms. The van der Waals surface area contributed by atoms with Gasteiger partial charge in [-0.25, -0.2) is 9.97 Å². The Morgan fingerprint density at radius 2 is 1.81 bits per heavy atom. The lowest BCUT2D eigenvalue weighted by Gasteiger charge is -2.20. The third kappa shape index (κ3) is 3.74. The standard InChI is InChI=1S/C16H19BrClN3/c1-9-8-11(17)6-7-12(9)19-14-10(2)13(18)20-15(21-14)16(3,4)5/h6-8H,1-5H3,(H,19,20,21). The third-order valence-corrected chi connectivity index (χ3v) is 4.06. The van der Waals surface area contributed by atoms with Gasteiger partial charge < -0.3 is 5.32 Å². The van der Waals surface area contributed by atoms with E-state index in [1.54, 1.807) is 0 Å². The van der Waals surface area contributed by atoms with Crippen LogP contribution in [-0.4, -0.2) is 9.97 Å². The molecule has 0 radical (unpaired) electrons. The summed E-state index contributed by atoms with van der Waals surface area (Å²) < 4.78 is 1.05. The Kier molecular flexibility index (Phi) is 4.59. The van der Waals surface area contributed by atoms with E-state index in [4.69, 9.17) is 11.6 Å². The van der Waals surface area contributed by atoms with E-state index in [1.165, 1.54) is 0 Å². The predicted molar refractivity (Wildman–Crippen MR) is 92.6 cm³/mol. The quantitative estimate of drug-likeness (QED) is 0.706. The monoisotopic (exact) mass is 367 g/mol. The number of benzene rings is 1. The number of hydrogen-bond acceptors (Lipinski definition) is 3. The smallest absolute Gasteiger partial charge is 0.138 e. The highest BCUT2D eigenvalue weighted by Crippen LogP contribution is 2.29. The average molecular weight is 369 g/mol. The van der Waals surface area contributed by atoms with Crippen LogP contribution >= 0.6 is 27.5 Å². The molecule has 1 heterocycles. The Hall–Kier alpha value is -1.13. The fraction of sp³-hybridized carbons (Fsp3) is 0.375. The normalized spacial score (nSPS) is 11.6. The molecule has 0 saturated carbocycles. The molecule has 0 bridgehead atoms. The number of hydrogen-bond donors (Lipinski definition) is 1. The van der Waals surface area contributed by atoms with Gasteiger partial charge in [0.1, 0.15) is 16.8 Å². The zero-order chi connectivity index (χ0) is 15.8. The van der Waals surface area contributed by atoms with Crippen molar-refractivity contribution in [2.45, 2.75) is 40.0 Å². The van der Waals surface area contributed by atoms with Crippen molar-refractivity contribution < 1.29 is 0 Å². The van der Waals surface area contributed by atoms with Crippen LogP contribution in [0.2, 0.25) is 5.15 Å². The maximum Gasteiger partial charge on any atom is 0.138 e. The molecule has 21 heavy (non-hydrogen) atoms. The molecule has 0 fully saturated rings. The first kappa shape index (κ1) is 16.2.